The van der Waals surface area contributed by atoms with Crippen LogP contribution in [0.25, 0.3) is 0 Å². The molecular formula is C10H24O4. The summed E-state index contributed by atoms with van der Waals surface area (Å²) in [5.74, 6) is 0. The van der Waals surface area contributed by atoms with E-state index in [1.807, 2.05) is 20.8 Å². The highest BCUT2D eigenvalue weighted by Crippen LogP contribution is 1.90. The van der Waals surface area contributed by atoms with Gasteiger partial charge in [-0.3, -0.25) is 0 Å². The maximum atomic E-state index is 5.06. The van der Waals surface area contributed by atoms with Crippen LogP contribution in [0.15, 0.2) is 0 Å². The standard InChI is InChI=1S/C6H14O2.C4H10O2/c1-4-7-6(3)8-5-2;1-5-3-4-6-2/h6H,4-5H2,1-3H3;3-4H2,1-2H3. The Balaban J connectivity index is 0. The summed E-state index contributed by atoms with van der Waals surface area (Å²) in [6, 6.07) is 0. The molecule has 88 valence electrons. The Bertz CT molecular complexity index is 78.2. The summed E-state index contributed by atoms with van der Waals surface area (Å²) in [5, 5.41) is 0. The third-order valence-corrected chi connectivity index (χ3v) is 1.29. The zero-order valence-corrected chi connectivity index (χ0v) is 10.0. The highest BCUT2D eigenvalue weighted by molar-refractivity contribution is 4.26. The quantitative estimate of drug-likeness (QED) is 0.471. The molecule has 4 heteroatoms. The topological polar surface area (TPSA) is 36.9 Å². The molecule has 0 fully saturated rings. The van der Waals surface area contributed by atoms with Crippen molar-refractivity contribution in [3.8, 4) is 0 Å². The minimum atomic E-state index is -0.0370. The normalized spacial score (nSPS) is 9.86. The molecule has 0 bridgehead atoms. The molecule has 0 saturated carbocycles. The Morgan fingerprint density at radius 2 is 1.21 bits per heavy atom. The van der Waals surface area contributed by atoms with Crippen LogP contribution in [0.4, 0.5) is 0 Å². The van der Waals surface area contributed by atoms with Gasteiger partial charge in [0.1, 0.15) is 0 Å². The van der Waals surface area contributed by atoms with E-state index < -0.39 is 0 Å². The minimum absolute atomic E-state index is 0.0370. The molecule has 0 aliphatic rings. The van der Waals surface area contributed by atoms with Crippen molar-refractivity contribution in [2.75, 3.05) is 40.6 Å². The average Bonchev–Trinajstić information content (AvgIpc) is 2.16. The van der Waals surface area contributed by atoms with Gasteiger partial charge in [0.2, 0.25) is 0 Å². The van der Waals surface area contributed by atoms with Gasteiger partial charge in [-0.05, 0) is 20.8 Å². The average molecular weight is 208 g/mol. The third-order valence-electron chi connectivity index (χ3n) is 1.29. The van der Waals surface area contributed by atoms with Crippen molar-refractivity contribution < 1.29 is 18.9 Å². The van der Waals surface area contributed by atoms with E-state index in [0.29, 0.717) is 13.2 Å². The van der Waals surface area contributed by atoms with Crippen molar-refractivity contribution in [1.29, 1.82) is 0 Å². The van der Waals surface area contributed by atoms with Crippen LogP contribution in [0.2, 0.25) is 0 Å². The molecule has 0 aromatic carbocycles. The summed E-state index contributed by atoms with van der Waals surface area (Å²) < 4.78 is 19.4. The number of ether oxygens (including phenoxy) is 4. The zero-order valence-electron chi connectivity index (χ0n) is 10.0. The highest BCUT2D eigenvalue weighted by Gasteiger charge is 1.94. The lowest BCUT2D eigenvalue weighted by Gasteiger charge is -2.09. The summed E-state index contributed by atoms with van der Waals surface area (Å²) in [7, 11) is 3.30. The van der Waals surface area contributed by atoms with E-state index in [1.165, 1.54) is 0 Å². The van der Waals surface area contributed by atoms with Gasteiger partial charge in [0, 0.05) is 27.4 Å². The fourth-order valence-electron chi connectivity index (χ4n) is 0.684. The molecule has 0 atom stereocenters. The lowest BCUT2D eigenvalue weighted by molar-refractivity contribution is -0.123. The SMILES string of the molecule is CCOC(C)OCC.COCCOC. The molecule has 0 aliphatic heterocycles. The molecule has 0 unspecified atom stereocenters. The molecular weight excluding hydrogens is 184 g/mol. The number of rotatable bonds is 7. The van der Waals surface area contributed by atoms with E-state index in [4.69, 9.17) is 9.47 Å². The lowest BCUT2D eigenvalue weighted by atomic mass is 10.7. The molecule has 4 nitrogen and oxygen atoms in total. The smallest absolute Gasteiger partial charge is 0.154 e. The Kier molecular flexibility index (Phi) is 17.8. The van der Waals surface area contributed by atoms with Gasteiger partial charge < -0.3 is 18.9 Å². The van der Waals surface area contributed by atoms with E-state index in [9.17, 15) is 0 Å². The van der Waals surface area contributed by atoms with Gasteiger partial charge in [0.25, 0.3) is 0 Å². The summed E-state index contributed by atoms with van der Waals surface area (Å²) in [5.41, 5.74) is 0. The fraction of sp³-hybridized carbons (Fsp3) is 1.00. The first kappa shape index (κ1) is 16.3. The molecule has 0 aliphatic carbocycles. The molecule has 0 amide bonds. The van der Waals surface area contributed by atoms with Crippen molar-refractivity contribution >= 4 is 0 Å². The monoisotopic (exact) mass is 208 g/mol. The second-order valence-corrected chi connectivity index (χ2v) is 2.46. The van der Waals surface area contributed by atoms with Crippen LogP contribution in [0.3, 0.4) is 0 Å². The first-order chi connectivity index (χ1) is 6.72. The van der Waals surface area contributed by atoms with E-state index in [-0.39, 0.29) is 6.29 Å². The molecule has 0 aromatic heterocycles. The van der Waals surface area contributed by atoms with Crippen LogP contribution in [-0.4, -0.2) is 46.9 Å². The maximum Gasteiger partial charge on any atom is 0.154 e. The molecule has 0 heterocycles. The third kappa shape index (κ3) is 17.8. The van der Waals surface area contributed by atoms with Crippen LogP contribution in [0.5, 0.6) is 0 Å². The van der Waals surface area contributed by atoms with E-state index in [1.54, 1.807) is 14.2 Å². The highest BCUT2D eigenvalue weighted by atomic mass is 16.7. The van der Waals surface area contributed by atoms with Crippen LogP contribution >= 0.6 is 0 Å². The molecule has 0 aromatic rings. The number of methoxy groups -OCH3 is 2. The van der Waals surface area contributed by atoms with Gasteiger partial charge in [0.15, 0.2) is 6.29 Å². The van der Waals surface area contributed by atoms with Gasteiger partial charge in [-0.1, -0.05) is 0 Å². The van der Waals surface area contributed by atoms with Gasteiger partial charge >= 0.3 is 0 Å². The van der Waals surface area contributed by atoms with Crippen LogP contribution in [0.1, 0.15) is 20.8 Å². The van der Waals surface area contributed by atoms with Crippen molar-refractivity contribution in [1.82, 2.24) is 0 Å². The number of hydrogen-bond donors (Lipinski definition) is 0. The summed E-state index contributed by atoms with van der Waals surface area (Å²) in [4.78, 5) is 0. The summed E-state index contributed by atoms with van der Waals surface area (Å²) >= 11 is 0. The van der Waals surface area contributed by atoms with Gasteiger partial charge in [-0.2, -0.15) is 0 Å². The Morgan fingerprint density at radius 1 is 0.857 bits per heavy atom. The van der Waals surface area contributed by atoms with Gasteiger partial charge in [-0.25, -0.2) is 0 Å². The predicted octanol–water partition coefficient (Wildman–Crippen LogP) is 1.68. The minimum Gasteiger partial charge on any atom is -0.382 e. The van der Waals surface area contributed by atoms with E-state index in [0.717, 1.165) is 13.2 Å². The zero-order chi connectivity index (χ0) is 11.2. The first-order valence-electron chi connectivity index (χ1n) is 4.93. The maximum absolute atomic E-state index is 5.06. The summed E-state index contributed by atoms with van der Waals surface area (Å²) in [6.07, 6.45) is -0.0370. The van der Waals surface area contributed by atoms with E-state index >= 15 is 0 Å². The van der Waals surface area contributed by atoms with Crippen LogP contribution < -0.4 is 0 Å². The first-order valence-corrected chi connectivity index (χ1v) is 4.93. The van der Waals surface area contributed by atoms with E-state index in [2.05, 4.69) is 9.47 Å². The molecule has 0 spiro atoms. The number of hydrogen-bond acceptors (Lipinski definition) is 4. The van der Waals surface area contributed by atoms with Crippen LogP contribution in [0, 0.1) is 0 Å². The second-order valence-electron chi connectivity index (χ2n) is 2.46. The Hall–Kier alpha value is -0.160. The van der Waals surface area contributed by atoms with Crippen molar-refractivity contribution in [3.63, 3.8) is 0 Å². The Morgan fingerprint density at radius 3 is 1.43 bits per heavy atom. The van der Waals surface area contributed by atoms with Crippen molar-refractivity contribution in [2.24, 2.45) is 0 Å². The Labute approximate surface area is 87.5 Å². The van der Waals surface area contributed by atoms with Crippen LogP contribution in [-0.2, 0) is 18.9 Å². The molecule has 0 saturated heterocycles. The second kappa shape index (κ2) is 15.3. The van der Waals surface area contributed by atoms with Gasteiger partial charge in [0.05, 0.1) is 13.2 Å². The fourth-order valence-corrected chi connectivity index (χ4v) is 0.684. The molecule has 0 rings (SSSR count). The van der Waals surface area contributed by atoms with Crippen molar-refractivity contribution in [3.05, 3.63) is 0 Å². The largest absolute Gasteiger partial charge is 0.382 e. The molecule has 0 N–H and O–H groups in total. The van der Waals surface area contributed by atoms with Gasteiger partial charge in [-0.15, -0.1) is 0 Å². The van der Waals surface area contributed by atoms with Crippen molar-refractivity contribution in [2.45, 2.75) is 27.1 Å². The lowest BCUT2D eigenvalue weighted by Crippen LogP contribution is -2.11. The summed E-state index contributed by atoms with van der Waals surface area (Å²) in [6.45, 7) is 8.63. The molecule has 0 radical (unpaired) electrons. The predicted molar refractivity (Wildman–Crippen MR) is 56.5 cm³/mol. The molecule has 14 heavy (non-hydrogen) atoms.